The molecule has 1 aromatic rings. The number of likely N-dealkylation sites (N-methyl/N-ethyl adjacent to an activating group) is 1. The second kappa shape index (κ2) is 4.99. The lowest BCUT2D eigenvalue weighted by atomic mass is 9.71. The van der Waals surface area contributed by atoms with Crippen LogP contribution < -0.4 is 5.32 Å². The highest BCUT2D eigenvalue weighted by atomic mass is 16.5. The maximum absolute atomic E-state index is 10.9. The summed E-state index contributed by atoms with van der Waals surface area (Å²) in [6, 6.07) is 0.494. The maximum Gasteiger partial charge on any atom is 0.356 e. The van der Waals surface area contributed by atoms with Crippen molar-refractivity contribution in [2.45, 2.75) is 24.6 Å². The third-order valence-electron chi connectivity index (χ3n) is 4.11. The summed E-state index contributed by atoms with van der Waals surface area (Å²) in [5.41, 5.74) is -0.0463. The molecule has 0 unspecified atom stereocenters. The summed E-state index contributed by atoms with van der Waals surface area (Å²) in [7, 11) is 4.05. The van der Waals surface area contributed by atoms with Gasteiger partial charge in [0.2, 0.25) is 0 Å². The number of aromatic carboxylic acids is 1. The Hall–Kier alpha value is -1.73. The molecule has 3 rings (SSSR count). The minimum absolute atomic E-state index is 0.0463. The molecule has 2 aliphatic rings. The largest absolute Gasteiger partial charge is 0.476 e. The molecule has 20 heavy (non-hydrogen) atoms. The van der Waals surface area contributed by atoms with E-state index in [-0.39, 0.29) is 23.9 Å². The van der Waals surface area contributed by atoms with Crippen LogP contribution >= 0.6 is 0 Å². The summed E-state index contributed by atoms with van der Waals surface area (Å²) >= 11 is 0. The molecule has 7 heteroatoms. The molecular formula is C13H18N4O3. The van der Waals surface area contributed by atoms with Gasteiger partial charge in [-0.1, -0.05) is 0 Å². The normalized spacial score (nSPS) is 31.8. The number of nitrogens with one attached hydrogen (secondary N) is 1. The third-order valence-corrected chi connectivity index (χ3v) is 4.11. The van der Waals surface area contributed by atoms with Gasteiger partial charge in [-0.25, -0.2) is 9.78 Å². The van der Waals surface area contributed by atoms with Crippen LogP contribution in [0.1, 0.15) is 16.9 Å². The average molecular weight is 278 g/mol. The Morgan fingerprint density at radius 3 is 3.00 bits per heavy atom. The number of ether oxygens (including phenoxy) is 1. The maximum atomic E-state index is 10.9. The molecule has 0 bridgehead atoms. The summed E-state index contributed by atoms with van der Waals surface area (Å²) < 4.78 is 5.74. The molecule has 0 amide bonds. The van der Waals surface area contributed by atoms with Crippen LogP contribution in [-0.2, 0) is 4.74 Å². The molecule has 1 aliphatic heterocycles. The van der Waals surface area contributed by atoms with Gasteiger partial charge in [0.05, 0.1) is 30.6 Å². The van der Waals surface area contributed by atoms with E-state index in [2.05, 4.69) is 20.2 Å². The van der Waals surface area contributed by atoms with Crippen molar-refractivity contribution in [2.75, 3.05) is 26.0 Å². The predicted octanol–water partition coefficient (Wildman–Crippen LogP) is 0.304. The summed E-state index contributed by atoms with van der Waals surface area (Å²) in [4.78, 5) is 21.0. The summed E-state index contributed by atoms with van der Waals surface area (Å²) in [5.74, 6) is -0.106. The van der Waals surface area contributed by atoms with E-state index in [1.165, 1.54) is 6.20 Å². The highest BCUT2D eigenvalue weighted by Crippen LogP contribution is 2.42. The molecule has 1 saturated heterocycles. The van der Waals surface area contributed by atoms with Gasteiger partial charge in [0, 0.05) is 12.5 Å². The van der Waals surface area contributed by atoms with Crippen LogP contribution in [0.2, 0.25) is 0 Å². The number of hydrogen-bond acceptors (Lipinski definition) is 6. The lowest BCUT2D eigenvalue weighted by Crippen LogP contribution is -2.66. The molecule has 7 nitrogen and oxygen atoms in total. The SMILES string of the molecule is CN(C)[C@H]1[C@H](Nc2cncc(C(=O)O)n2)[C@@H]2CCO[C@@H]21. The predicted molar refractivity (Wildman–Crippen MR) is 71.7 cm³/mol. The van der Waals surface area contributed by atoms with Crippen LogP contribution in [0.15, 0.2) is 12.4 Å². The van der Waals surface area contributed by atoms with Gasteiger partial charge in [-0.2, -0.15) is 0 Å². The fourth-order valence-electron chi connectivity index (χ4n) is 3.19. The van der Waals surface area contributed by atoms with Gasteiger partial charge in [0.25, 0.3) is 0 Å². The zero-order chi connectivity index (χ0) is 14.3. The number of rotatable bonds is 4. The van der Waals surface area contributed by atoms with E-state index < -0.39 is 5.97 Å². The van der Waals surface area contributed by atoms with Crippen molar-refractivity contribution in [3.63, 3.8) is 0 Å². The van der Waals surface area contributed by atoms with Crippen molar-refractivity contribution in [2.24, 2.45) is 5.92 Å². The van der Waals surface area contributed by atoms with Crippen LogP contribution in [0, 0.1) is 5.92 Å². The van der Waals surface area contributed by atoms with Crippen LogP contribution in [-0.4, -0.2) is 64.8 Å². The molecule has 2 fully saturated rings. The van der Waals surface area contributed by atoms with Gasteiger partial charge in [-0.15, -0.1) is 0 Å². The van der Waals surface area contributed by atoms with Gasteiger partial charge in [0.1, 0.15) is 5.82 Å². The van der Waals surface area contributed by atoms with E-state index in [0.717, 1.165) is 13.0 Å². The van der Waals surface area contributed by atoms with Crippen molar-refractivity contribution >= 4 is 11.8 Å². The van der Waals surface area contributed by atoms with Crippen molar-refractivity contribution < 1.29 is 14.6 Å². The summed E-state index contributed by atoms with van der Waals surface area (Å²) in [6.07, 6.45) is 4.10. The number of carboxylic acids is 1. The highest BCUT2D eigenvalue weighted by Gasteiger charge is 2.55. The summed E-state index contributed by atoms with van der Waals surface area (Å²) in [6.45, 7) is 0.790. The van der Waals surface area contributed by atoms with E-state index in [0.29, 0.717) is 11.7 Å². The lowest BCUT2D eigenvalue weighted by molar-refractivity contribution is -0.0516. The number of carbonyl (C=O) groups is 1. The number of hydrogen-bond donors (Lipinski definition) is 2. The highest BCUT2D eigenvalue weighted by molar-refractivity contribution is 5.85. The fourth-order valence-corrected chi connectivity index (χ4v) is 3.19. The minimum Gasteiger partial charge on any atom is -0.476 e. The van der Waals surface area contributed by atoms with E-state index in [1.807, 2.05) is 14.1 Å². The zero-order valence-electron chi connectivity index (χ0n) is 11.5. The lowest BCUT2D eigenvalue weighted by Gasteiger charge is -2.50. The molecule has 1 aliphatic carbocycles. The van der Waals surface area contributed by atoms with E-state index in [1.54, 1.807) is 6.20 Å². The molecule has 4 atom stereocenters. The summed E-state index contributed by atoms with van der Waals surface area (Å²) in [5, 5.41) is 12.3. The standard InChI is InChI=1S/C13H18N4O3/c1-17(2)11-10(7-3-4-20-12(7)11)16-9-6-14-5-8(15-9)13(18)19/h5-7,10-12H,3-4H2,1-2H3,(H,15,16)(H,18,19)/t7-,10+,11-,12-/m0/s1. The Bertz CT molecular complexity index is 522. The van der Waals surface area contributed by atoms with Gasteiger partial charge in [-0.3, -0.25) is 4.98 Å². The molecule has 2 heterocycles. The van der Waals surface area contributed by atoms with Gasteiger partial charge in [-0.05, 0) is 20.5 Å². The van der Waals surface area contributed by atoms with E-state index in [4.69, 9.17) is 9.84 Å². The first-order valence-corrected chi connectivity index (χ1v) is 6.68. The van der Waals surface area contributed by atoms with Crippen molar-refractivity contribution in [3.05, 3.63) is 18.1 Å². The van der Waals surface area contributed by atoms with Gasteiger partial charge in [0.15, 0.2) is 5.69 Å². The molecule has 0 spiro atoms. The van der Waals surface area contributed by atoms with Crippen molar-refractivity contribution in [3.8, 4) is 0 Å². The first kappa shape index (κ1) is 13.3. The number of aromatic nitrogens is 2. The number of fused-ring (bicyclic) bond motifs is 1. The third kappa shape index (κ3) is 2.12. The Morgan fingerprint density at radius 1 is 1.50 bits per heavy atom. The van der Waals surface area contributed by atoms with Crippen molar-refractivity contribution in [1.82, 2.24) is 14.9 Å². The van der Waals surface area contributed by atoms with Crippen LogP contribution in [0.5, 0.6) is 0 Å². The first-order chi connectivity index (χ1) is 9.58. The zero-order valence-corrected chi connectivity index (χ0v) is 11.5. The quantitative estimate of drug-likeness (QED) is 0.819. The Kier molecular flexibility index (Phi) is 3.31. The molecule has 0 radical (unpaired) electrons. The smallest absolute Gasteiger partial charge is 0.356 e. The second-order valence-corrected chi connectivity index (χ2v) is 5.51. The number of anilines is 1. The molecular weight excluding hydrogens is 260 g/mol. The van der Waals surface area contributed by atoms with E-state index in [9.17, 15) is 4.79 Å². The van der Waals surface area contributed by atoms with Crippen molar-refractivity contribution in [1.29, 1.82) is 0 Å². The topological polar surface area (TPSA) is 87.6 Å². The van der Waals surface area contributed by atoms with E-state index >= 15 is 0 Å². The Labute approximate surface area is 117 Å². The monoisotopic (exact) mass is 278 g/mol. The van der Waals surface area contributed by atoms with Crippen LogP contribution in [0.3, 0.4) is 0 Å². The Morgan fingerprint density at radius 2 is 2.30 bits per heavy atom. The van der Waals surface area contributed by atoms with Crippen LogP contribution in [0.25, 0.3) is 0 Å². The molecule has 2 N–H and O–H groups in total. The number of nitrogens with zero attached hydrogens (tertiary/aromatic N) is 3. The minimum atomic E-state index is -1.07. The molecule has 0 aromatic carbocycles. The van der Waals surface area contributed by atoms with Gasteiger partial charge >= 0.3 is 5.97 Å². The number of carboxylic acid groups (broad SMARTS) is 1. The molecule has 1 saturated carbocycles. The van der Waals surface area contributed by atoms with Gasteiger partial charge < -0.3 is 20.1 Å². The van der Waals surface area contributed by atoms with Crippen LogP contribution in [0.4, 0.5) is 5.82 Å². The fraction of sp³-hybridized carbons (Fsp3) is 0.615. The molecule has 108 valence electrons. The first-order valence-electron chi connectivity index (χ1n) is 6.68. The average Bonchev–Trinajstić information content (AvgIpc) is 2.79. The molecule has 1 aromatic heterocycles. The Balaban J connectivity index is 1.76. The second-order valence-electron chi connectivity index (χ2n) is 5.51.